The molecule has 0 aromatic heterocycles. The Bertz CT molecular complexity index is 363. The number of ether oxygens (including phenoxy) is 1. The fourth-order valence-corrected chi connectivity index (χ4v) is 2.92. The summed E-state index contributed by atoms with van der Waals surface area (Å²) >= 11 is 0. The summed E-state index contributed by atoms with van der Waals surface area (Å²) in [4.78, 5) is 13.1. The van der Waals surface area contributed by atoms with Gasteiger partial charge in [0.1, 0.15) is 0 Å². The molecule has 106 valence electrons. The molecular weight excluding hydrogens is 256 g/mol. The van der Waals surface area contributed by atoms with Gasteiger partial charge in [-0.3, -0.25) is 14.4 Å². The Morgan fingerprint density at radius 2 is 2.06 bits per heavy atom. The molecule has 6 nitrogen and oxygen atoms in total. The zero-order valence-corrected chi connectivity index (χ0v) is 11.8. The van der Waals surface area contributed by atoms with Gasteiger partial charge in [-0.15, -0.1) is 0 Å². The summed E-state index contributed by atoms with van der Waals surface area (Å²) in [5, 5.41) is 0. The monoisotopic (exact) mass is 278 g/mol. The van der Waals surface area contributed by atoms with E-state index >= 15 is 0 Å². The van der Waals surface area contributed by atoms with Crippen molar-refractivity contribution in [3.63, 3.8) is 0 Å². The van der Waals surface area contributed by atoms with Crippen LogP contribution in [0, 0.1) is 0 Å². The van der Waals surface area contributed by atoms with Crippen LogP contribution in [0.25, 0.3) is 0 Å². The summed E-state index contributed by atoms with van der Waals surface area (Å²) in [6.07, 6.45) is 1.01. The molecule has 0 spiro atoms. The van der Waals surface area contributed by atoms with E-state index < -0.39 is 15.9 Å². The Morgan fingerprint density at radius 3 is 2.61 bits per heavy atom. The molecule has 1 N–H and O–H groups in total. The van der Waals surface area contributed by atoms with Gasteiger partial charge in [0.2, 0.25) is 15.9 Å². The molecule has 0 aliphatic carbocycles. The molecule has 1 aliphatic rings. The van der Waals surface area contributed by atoms with Crippen LogP contribution in [-0.2, 0) is 19.6 Å². The topological polar surface area (TPSA) is 75.7 Å². The molecule has 1 rings (SSSR count). The highest BCUT2D eigenvalue weighted by Crippen LogP contribution is 2.11. The van der Waals surface area contributed by atoms with Gasteiger partial charge in [-0.05, 0) is 19.9 Å². The molecular formula is C11H22N2O4S. The van der Waals surface area contributed by atoms with Gasteiger partial charge in [-0.25, -0.2) is 8.42 Å². The van der Waals surface area contributed by atoms with E-state index in [0.29, 0.717) is 12.5 Å². The Hall–Kier alpha value is -0.660. The summed E-state index contributed by atoms with van der Waals surface area (Å²) < 4.78 is 30.4. The van der Waals surface area contributed by atoms with E-state index in [-0.39, 0.29) is 12.2 Å². The number of hydrogen-bond donors (Lipinski definition) is 1. The SMILES string of the molecule is CCOC1CN(CCCS(=O)(=O)NC(=O)CC)C1. The maximum Gasteiger partial charge on any atom is 0.234 e. The van der Waals surface area contributed by atoms with Gasteiger partial charge < -0.3 is 4.74 Å². The summed E-state index contributed by atoms with van der Waals surface area (Å²) in [6, 6.07) is 0. The number of amides is 1. The van der Waals surface area contributed by atoms with Crippen molar-refractivity contribution in [3.05, 3.63) is 0 Å². The molecule has 1 amide bonds. The lowest BCUT2D eigenvalue weighted by molar-refractivity contribution is -0.119. The van der Waals surface area contributed by atoms with E-state index in [1.807, 2.05) is 11.6 Å². The van der Waals surface area contributed by atoms with Crippen LogP contribution >= 0.6 is 0 Å². The molecule has 0 unspecified atom stereocenters. The molecule has 0 aromatic rings. The fourth-order valence-electron chi connectivity index (χ4n) is 1.82. The number of nitrogens with zero attached hydrogens (tertiary/aromatic N) is 1. The van der Waals surface area contributed by atoms with Crippen LogP contribution in [0.3, 0.4) is 0 Å². The summed E-state index contributed by atoms with van der Waals surface area (Å²) in [7, 11) is -3.45. The van der Waals surface area contributed by atoms with Crippen molar-refractivity contribution in [1.82, 2.24) is 9.62 Å². The van der Waals surface area contributed by atoms with E-state index in [2.05, 4.69) is 4.90 Å². The molecule has 7 heteroatoms. The second-order valence-corrected chi connectivity index (χ2v) is 6.23. The zero-order valence-electron chi connectivity index (χ0n) is 11.0. The van der Waals surface area contributed by atoms with Gasteiger partial charge in [0.15, 0.2) is 0 Å². The van der Waals surface area contributed by atoms with Crippen molar-refractivity contribution in [2.45, 2.75) is 32.8 Å². The van der Waals surface area contributed by atoms with Crippen LogP contribution in [0.15, 0.2) is 0 Å². The first kappa shape index (κ1) is 15.4. The number of hydrogen-bond acceptors (Lipinski definition) is 5. The van der Waals surface area contributed by atoms with E-state index in [9.17, 15) is 13.2 Å². The third kappa shape index (κ3) is 5.32. The minimum atomic E-state index is -3.45. The zero-order chi connectivity index (χ0) is 13.6. The number of likely N-dealkylation sites (tertiary alicyclic amines) is 1. The van der Waals surface area contributed by atoms with E-state index in [0.717, 1.165) is 26.2 Å². The first-order valence-electron chi connectivity index (χ1n) is 6.34. The van der Waals surface area contributed by atoms with Crippen LogP contribution in [0.4, 0.5) is 0 Å². The smallest absolute Gasteiger partial charge is 0.234 e. The Morgan fingerprint density at radius 1 is 1.39 bits per heavy atom. The molecule has 0 radical (unpaired) electrons. The highest BCUT2D eigenvalue weighted by atomic mass is 32.2. The molecule has 0 bridgehead atoms. The van der Waals surface area contributed by atoms with Gasteiger partial charge in [0, 0.05) is 26.1 Å². The van der Waals surface area contributed by atoms with Crippen LogP contribution in [0.2, 0.25) is 0 Å². The van der Waals surface area contributed by atoms with Crippen LogP contribution in [0.1, 0.15) is 26.7 Å². The lowest BCUT2D eigenvalue weighted by Crippen LogP contribution is -2.52. The van der Waals surface area contributed by atoms with Gasteiger partial charge in [0.25, 0.3) is 0 Å². The Balaban J connectivity index is 2.13. The normalized spacial score (nSPS) is 17.4. The average Bonchev–Trinajstić information content (AvgIpc) is 2.24. The van der Waals surface area contributed by atoms with Crippen LogP contribution in [-0.4, -0.2) is 57.3 Å². The average molecular weight is 278 g/mol. The predicted octanol–water partition coefficient (Wildman–Crippen LogP) is -0.0468. The molecule has 0 saturated carbocycles. The fraction of sp³-hybridized carbons (Fsp3) is 0.909. The van der Waals surface area contributed by atoms with Crippen LogP contribution < -0.4 is 4.72 Å². The van der Waals surface area contributed by atoms with Gasteiger partial charge >= 0.3 is 0 Å². The maximum atomic E-state index is 11.5. The minimum absolute atomic E-state index is 0.00542. The molecule has 1 fully saturated rings. The van der Waals surface area contributed by atoms with Crippen molar-refractivity contribution in [2.75, 3.05) is 32.0 Å². The molecule has 1 aliphatic heterocycles. The van der Waals surface area contributed by atoms with Crippen molar-refractivity contribution in [3.8, 4) is 0 Å². The van der Waals surface area contributed by atoms with Crippen molar-refractivity contribution in [1.29, 1.82) is 0 Å². The highest BCUT2D eigenvalue weighted by Gasteiger charge is 2.26. The van der Waals surface area contributed by atoms with Crippen molar-refractivity contribution in [2.24, 2.45) is 0 Å². The molecule has 1 saturated heterocycles. The van der Waals surface area contributed by atoms with E-state index in [1.54, 1.807) is 6.92 Å². The summed E-state index contributed by atoms with van der Waals surface area (Å²) in [5.41, 5.74) is 0. The van der Waals surface area contributed by atoms with Gasteiger partial charge in [0.05, 0.1) is 11.9 Å². The predicted molar refractivity (Wildman–Crippen MR) is 68.7 cm³/mol. The largest absolute Gasteiger partial charge is 0.376 e. The number of sulfonamides is 1. The first-order valence-corrected chi connectivity index (χ1v) is 7.99. The second kappa shape index (κ2) is 7.06. The molecule has 18 heavy (non-hydrogen) atoms. The standard InChI is InChI=1S/C11H22N2O4S/c1-3-11(14)12-18(15,16)7-5-6-13-8-10(9-13)17-4-2/h10H,3-9H2,1-2H3,(H,12,14). The number of carbonyl (C=O) groups excluding carboxylic acids is 1. The lowest BCUT2D eigenvalue weighted by Gasteiger charge is -2.38. The first-order chi connectivity index (χ1) is 8.46. The Labute approximate surface area is 109 Å². The van der Waals surface area contributed by atoms with Crippen LogP contribution in [0.5, 0.6) is 0 Å². The van der Waals surface area contributed by atoms with E-state index in [1.165, 1.54) is 0 Å². The van der Waals surface area contributed by atoms with Gasteiger partial charge in [-0.2, -0.15) is 0 Å². The summed E-state index contributed by atoms with van der Waals surface area (Å²) in [6.45, 7) is 6.77. The third-order valence-corrected chi connectivity index (χ3v) is 4.17. The lowest BCUT2D eigenvalue weighted by atomic mass is 10.1. The van der Waals surface area contributed by atoms with Gasteiger partial charge in [-0.1, -0.05) is 6.92 Å². The molecule has 0 atom stereocenters. The quantitative estimate of drug-likeness (QED) is 0.674. The van der Waals surface area contributed by atoms with E-state index in [4.69, 9.17) is 4.74 Å². The maximum absolute atomic E-state index is 11.5. The summed E-state index contributed by atoms with van der Waals surface area (Å²) in [5.74, 6) is -0.454. The highest BCUT2D eigenvalue weighted by molar-refractivity contribution is 7.90. The minimum Gasteiger partial charge on any atom is -0.376 e. The number of nitrogens with one attached hydrogen (secondary N) is 1. The molecule has 0 aromatic carbocycles. The Kier molecular flexibility index (Phi) is 6.04. The van der Waals surface area contributed by atoms with Crippen molar-refractivity contribution >= 4 is 15.9 Å². The number of rotatable bonds is 8. The third-order valence-electron chi connectivity index (χ3n) is 2.80. The second-order valence-electron chi connectivity index (χ2n) is 4.39. The van der Waals surface area contributed by atoms with Crippen molar-refractivity contribution < 1.29 is 17.9 Å². The number of carbonyl (C=O) groups is 1. The molecule has 1 heterocycles.